The van der Waals surface area contributed by atoms with Crippen molar-refractivity contribution in [1.29, 1.82) is 0 Å². The average Bonchev–Trinajstić information content (AvgIpc) is 3.10. The summed E-state index contributed by atoms with van der Waals surface area (Å²) in [5.41, 5.74) is 1.94. The molecule has 0 aliphatic heterocycles. The van der Waals surface area contributed by atoms with Crippen LogP contribution >= 0.6 is 11.3 Å². The molecule has 0 amide bonds. The number of hydrogen-bond acceptors (Lipinski definition) is 5. The summed E-state index contributed by atoms with van der Waals surface area (Å²) in [5.74, 6) is 0.137. The van der Waals surface area contributed by atoms with Gasteiger partial charge in [-0.2, -0.15) is 0 Å². The predicted molar refractivity (Wildman–Crippen MR) is 86.5 cm³/mol. The lowest BCUT2D eigenvalue weighted by Crippen LogP contribution is -2.11. The maximum Gasteiger partial charge on any atom is 0.271 e. The van der Waals surface area contributed by atoms with Crippen molar-refractivity contribution < 1.29 is 17.3 Å². The zero-order valence-corrected chi connectivity index (χ0v) is 14.0. The molecule has 8 heteroatoms. The number of rotatable bonds is 4. The van der Waals surface area contributed by atoms with E-state index in [0.29, 0.717) is 16.3 Å². The molecule has 1 aromatic carbocycles. The van der Waals surface area contributed by atoms with Crippen molar-refractivity contribution in [2.75, 3.05) is 4.72 Å². The molecule has 0 atom stereocenters. The highest BCUT2D eigenvalue weighted by molar-refractivity contribution is 7.94. The number of aromatic nitrogens is 1. The third kappa shape index (κ3) is 3.13. The first-order valence-electron chi connectivity index (χ1n) is 6.68. The van der Waals surface area contributed by atoms with Gasteiger partial charge in [0, 0.05) is 11.3 Å². The van der Waals surface area contributed by atoms with Crippen LogP contribution in [-0.4, -0.2) is 13.6 Å². The van der Waals surface area contributed by atoms with Crippen molar-refractivity contribution in [1.82, 2.24) is 5.16 Å². The Balaban J connectivity index is 1.89. The Labute approximate surface area is 136 Å². The molecule has 0 bridgehead atoms. The number of sulfonamides is 1. The molecule has 0 aliphatic rings. The Bertz CT molecular complexity index is 944. The number of thiophene rings is 1. The Hall–Kier alpha value is -2.19. The van der Waals surface area contributed by atoms with Gasteiger partial charge in [-0.25, -0.2) is 12.8 Å². The summed E-state index contributed by atoms with van der Waals surface area (Å²) in [7, 11) is -3.74. The monoisotopic (exact) mass is 352 g/mol. The molecule has 23 heavy (non-hydrogen) atoms. The van der Waals surface area contributed by atoms with E-state index in [1.54, 1.807) is 6.07 Å². The van der Waals surface area contributed by atoms with Gasteiger partial charge in [-0.3, -0.25) is 4.72 Å². The molecule has 0 saturated heterocycles. The molecule has 0 radical (unpaired) electrons. The zero-order chi connectivity index (χ0) is 16.6. The number of benzene rings is 1. The fourth-order valence-corrected chi connectivity index (χ4v) is 4.35. The second-order valence-electron chi connectivity index (χ2n) is 4.95. The van der Waals surface area contributed by atoms with Crippen LogP contribution in [0.3, 0.4) is 0 Å². The standard InChI is InChI=1S/C15H13FN2O3S2/c1-9-10(2)17-21-15(9)13-7-8-14(22-13)23(19,20)18-12-5-3-11(16)4-6-12/h3-8,18H,1-2H3. The second kappa shape index (κ2) is 5.78. The van der Waals surface area contributed by atoms with Gasteiger partial charge in [0.2, 0.25) is 0 Å². The first-order chi connectivity index (χ1) is 10.9. The van der Waals surface area contributed by atoms with E-state index in [0.717, 1.165) is 22.6 Å². The number of nitrogens with zero attached hydrogens (tertiary/aromatic N) is 1. The molecule has 0 unspecified atom stereocenters. The van der Waals surface area contributed by atoms with Gasteiger partial charge in [-0.15, -0.1) is 11.3 Å². The van der Waals surface area contributed by atoms with Crippen LogP contribution in [0, 0.1) is 19.7 Å². The molecule has 3 rings (SSSR count). The summed E-state index contributed by atoms with van der Waals surface area (Å²) in [6, 6.07) is 8.30. The summed E-state index contributed by atoms with van der Waals surface area (Å²) in [4.78, 5) is 0.683. The minimum absolute atomic E-state index is 0.144. The maximum atomic E-state index is 12.9. The molecule has 2 aromatic heterocycles. The number of hydrogen-bond donors (Lipinski definition) is 1. The lowest BCUT2D eigenvalue weighted by molar-refractivity contribution is 0.427. The first-order valence-corrected chi connectivity index (χ1v) is 8.98. The SMILES string of the molecule is Cc1noc(-c2ccc(S(=O)(=O)Nc3ccc(F)cc3)s2)c1C. The molecule has 2 heterocycles. The van der Waals surface area contributed by atoms with E-state index in [1.807, 2.05) is 13.8 Å². The van der Waals surface area contributed by atoms with Crippen LogP contribution < -0.4 is 4.72 Å². The fraction of sp³-hybridized carbons (Fsp3) is 0.133. The van der Waals surface area contributed by atoms with Crippen molar-refractivity contribution in [3.63, 3.8) is 0 Å². The van der Waals surface area contributed by atoms with Crippen LogP contribution in [0.4, 0.5) is 10.1 Å². The topological polar surface area (TPSA) is 72.2 Å². The summed E-state index contributed by atoms with van der Waals surface area (Å²) in [6.07, 6.45) is 0. The first kappa shape index (κ1) is 15.7. The van der Waals surface area contributed by atoms with E-state index in [2.05, 4.69) is 9.88 Å². The number of aryl methyl sites for hydroxylation is 1. The highest BCUT2D eigenvalue weighted by Gasteiger charge is 2.20. The molecular formula is C15H13FN2O3S2. The van der Waals surface area contributed by atoms with E-state index in [-0.39, 0.29) is 4.21 Å². The van der Waals surface area contributed by atoms with Gasteiger partial charge < -0.3 is 4.52 Å². The minimum Gasteiger partial charge on any atom is -0.355 e. The second-order valence-corrected chi connectivity index (χ2v) is 7.95. The van der Waals surface area contributed by atoms with Gasteiger partial charge in [0.05, 0.1) is 10.6 Å². The molecule has 3 aromatic rings. The van der Waals surface area contributed by atoms with Crippen LogP contribution in [0.5, 0.6) is 0 Å². The van der Waals surface area contributed by atoms with Crippen LogP contribution in [-0.2, 0) is 10.0 Å². The molecular weight excluding hydrogens is 339 g/mol. The van der Waals surface area contributed by atoms with Gasteiger partial charge in [0.1, 0.15) is 10.0 Å². The van der Waals surface area contributed by atoms with Crippen molar-refractivity contribution in [3.05, 3.63) is 53.5 Å². The molecule has 0 aliphatic carbocycles. The number of anilines is 1. The Morgan fingerprint density at radius 3 is 2.43 bits per heavy atom. The van der Waals surface area contributed by atoms with Crippen molar-refractivity contribution in [2.24, 2.45) is 0 Å². The van der Waals surface area contributed by atoms with Gasteiger partial charge in [-0.1, -0.05) is 5.16 Å². The Morgan fingerprint density at radius 1 is 1.13 bits per heavy atom. The van der Waals surface area contributed by atoms with E-state index < -0.39 is 15.8 Å². The number of nitrogens with one attached hydrogen (secondary N) is 1. The summed E-state index contributed by atoms with van der Waals surface area (Å²) >= 11 is 1.08. The van der Waals surface area contributed by atoms with Crippen molar-refractivity contribution in [3.8, 4) is 10.6 Å². The Kier molecular flexibility index (Phi) is 3.95. The van der Waals surface area contributed by atoms with Gasteiger partial charge >= 0.3 is 0 Å². The number of halogens is 1. The molecule has 5 nitrogen and oxygen atoms in total. The van der Waals surface area contributed by atoms with Gasteiger partial charge in [-0.05, 0) is 50.2 Å². The summed E-state index contributed by atoms with van der Waals surface area (Å²) in [6.45, 7) is 3.69. The fourth-order valence-electron chi connectivity index (χ4n) is 1.96. The average molecular weight is 352 g/mol. The molecule has 0 fully saturated rings. The lowest BCUT2D eigenvalue weighted by atomic mass is 10.2. The quantitative estimate of drug-likeness (QED) is 0.771. The largest absolute Gasteiger partial charge is 0.355 e. The van der Waals surface area contributed by atoms with E-state index in [9.17, 15) is 12.8 Å². The molecule has 1 N–H and O–H groups in total. The summed E-state index contributed by atoms with van der Waals surface area (Å²) < 4.78 is 45.4. The van der Waals surface area contributed by atoms with Crippen molar-refractivity contribution in [2.45, 2.75) is 18.1 Å². The van der Waals surface area contributed by atoms with Crippen molar-refractivity contribution >= 4 is 27.0 Å². The Morgan fingerprint density at radius 2 is 1.83 bits per heavy atom. The normalized spacial score (nSPS) is 11.6. The van der Waals surface area contributed by atoms with Gasteiger partial charge in [0.25, 0.3) is 10.0 Å². The van der Waals surface area contributed by atoms with Crippen LogP contribution in [0.2, 0.25) is 0 Å². The van der Waals surface area contributed by atoms with Gasteiger partial charge in [0.15, 0.2) is 5.76 Å². The lowest BCUT2D eigenvalue weighted by Gasteiger charge is -2.05. The van der Waals surface area contributed by atoms with E-state index >= 15 is 0 Å². The third-order valence-corrected chi connectivity index (χ3v) is 6.28. The van der Waals surface area contributed by atoms with Crippen LogP contribution in [0.15, 0.2) is 45.1 Å². The van der Waals surface area contributed by atoms with E-state index in [1.165, 1.54) is 30.3 Å². The van der Waals surface area contributed by atoms with E-state index in [4.69, 9.17) is 4.52 Å². The molecule has 120 valence electrons. The summed E-state index contributed by atoms with van der Waals surface area (Å²) in [5, 5.41) is 3.87. The van der Waals surface area contributed by atoms with Crippen LogP contribution in [0.1, 0.15) is 11.3 Å². The maximum absolute atomic E-state index is 12.9. The molecule has 0 spiro atoms. The molecule has 0 saturated carbocycles. The minimum atomic E-state index is -3.74. The predicted octanol–water partition coefficient (Wildman–Crippen LogP) is 3.96. The smallest absolute Gasteiger partial charge is 0.271 e. The third-order valence-electron chi connectivity index (χ3n) is 3.32. The zero-order valence-electron chi connectivity index (χ0n) is 12.3. The highest BCUT2D eigenvalue weighted by atomic mass is 32.2. The highest BCUT2D eigenvalue weighted by Crippen LogP contribution is 2.34. The van der Waals surface area contributed by atoms with Crippen LogP contribution in [0.25, 0.3) is 10.6 Å².